The van der Waals surface area contributed by atoms with Gasteiger partial charge < -0.3 is 35.0 Å². The summed E-state index contributed by atoms with van der Waals surface area (Å²) in [6.07, 6.45) is 0.319. The summed E-state index contributed by atoms with van der Waals surface area (Å²) in [6.45, 7) is 3.50. The minimum atomic E-state index is -2.74. The topological polar surface area (TPSA) is 174 Å². The average Bonchev–Trinajstić information content (AvgIpc) is 3.37. The summed E-state index contributed by atoms with van der Waals surface area (Å²) in [5.41, 5.74) is 0.574. The lowest BCUT2D eigenvalue weighted by atomic mass is 9.96. The first-order chi connectivity index (χ1) is 18.1. The number of benzene rings is 2. The van der Waals surface area contributed by atoms with Crippen molar-refractivity contribution in [3.8, 4) is 5.75 Å². The van der Waals surface area contributed by atoms with Crippen LogP contribution in [-0.4, -0.2) is 80.3 Å². The molecule has 11 heteroatoms. The Kier molecular flexibility index (Phi) is 12.2. The number of carbonyl (C=O) groups is 3. The number of aliphatic hydroxyl groups excluding tert-OH is 1. The SMILES string of the molecule is COc1ccc(CN(Cc2ccccc2)CC2CCCO2)cc1CO.O=C(O)CC(O)(CC(=O)O)C(=O)O. The van der Waals surface area contributed by atoms with Crippen molar-refractivity contribution in [3.63, 3.8) is 0 Å². The molecular formula is C27H35NO10. The molecule has 38 heavy (non-hydrogen) atoms. The molecule has 0 aromatic heterocycles. The fourth-order valence-electron chi connectivity index (χ4n) is 4.13. The molecule has 208 valence electrons. The summed E-state index contributed by atoms with van der Waals surface area (Å²) >= 11 is 0. The smallest absolute Gasteiger partial charge is 0.336 e. The minimum absolute atomic E-state index is 0.0125. The summed E-state index contributed by atoms with van der Waals surface area (Å²) in [5, 5.41) is 43.4. The van der Waals surface area contributed by atoms with Gasteiger partial charge in [-0.15, -0.1) is 0 Å². The van der Waals surface area contributed by atoms with Gasteiger partial charge in [-0.25, -0.2) is 4.79 Å². The summed E-state index contributed by atoms with van der Waals surface area (Å²) in [4.78, 5) is 32.9. The average molecular weight is 534 g/mol. The van der Waals surface area contributed by atoms with Crippen molar-refractivity contribution in [3.05, 3.63) is 65.2 Å². The van der Waals surface area contributed by atoms with E-state index in [4.69, 9.17) is 29.9 Å². The van der Waals surface area contributed by atoms with Crippen LogP contribution in [0.4, 0.5) is 0 Å². The van der Waals surface area contributed by atoms with Gasteiger partial charge in [-0.2, -0.15) is 0 Å². The fraction of sp³-hybridized carbons (Fsp3) is 0.444. The van der Waals surface area contributed by atoms with E-state index in [0.29, 0.717) is 6.10 Å². The first-order valence-corrected chi connectivity index (χ1v) is 12.1. The molecule has 1 saturated heterocycles. The highest BCUT2D eigenvalue weighted by Crippen LogP contribution is 2.22. The highest BCUT2D eigenvalue weighted by atomic mass is 16.5. The van der Waals surface area contributed by atoms with E-state index >= 15 is 0 Å². The zero-order chi connectivity index (χ0) is 28.1. The summed E-state index contributed by atoms with van der Waals surface area (Å²) < 4.78 is 11.1. The van der Waals surface area contributed by atoms with E-state index in [0.717, 1.165) is 50.4 Å². The third kappa shape index (κ3) is 10.1. The Balaban J connectivity index is 0.000000332. The van der Waals surface area contributed by atoms with E-state index in [-0.39, 0.29) is 6.61 Å². The van der Waals surface area contributed by atoms with Crippen LogP contribution < -0.4 is 4.74 Å². The second-order valence-corrected chi connectivity index (χ2v) is 9.07. The number of aliphatic hydroxyl groups is 2. The van der Waals surface area contributed by atoms with E-state index in [2.05, 4.69) is 35.2 Å². The minimum Gasteiger partial charge on any atom is -0.496 e. The van der Waals surface area contributed by atoms with E-state index in [9.17, 15) is 19.5 Å². The van der Waals surface area contributed by atoms with Gasteiger partial charge in [0, 0.05) is 31.8 Å². The third-order valence-corrected chi connectivity index (χ3v) is 5.94. The molecule has 1 aliphatic rings. The first kappa shape index (κ1) is 30.7. The molecule has 0 saturated carbocycles. The number of hydrogen-bond acceptors (Lipinski definition) is 8. The van der Waals surface area contributed by atoms with Crippen molar-refractivity contribution in [2.45, 2.75) is 57.1 Å². The maximum absolute atomic E-state index is 10.3. The van der Waals surface area contributed by atoms with E-state index in [1.165, 1.54) is 11.1 Å². The number of carboxylic acid groups (broad SMARTS) is 3. The van der Waals surface area contributed by atoms with Crippen LogP contribution in [0, 0.1) is 0 Å². The molecule has 0 bridgehead atoms. The lowest BCUT2D eigenvalue weighted by molar-refractivity contribution is -0.170. The summed E-state index contributed by atoms with van der Waals surface area (Å²) in [5.74, 6) is -4.28. The molecule has 11 nitrogen and oxygen atoms in total. The number of rotatable bonds is 13. The van der Waals surface area contributed by atoms with E-state index in [1.807, 2.05) is 18.2 Å². The molecule has 3 rings (SSSR count). The zero-order valence-electron chi connectivity index (χ0n) is 21.3. The predicted octanol–water partition coefficient (Wildman–Crippen LogP) is 2.12. The van der Waals surface area contributed by atoms with Gasteiger partial charge in [0.2, 0.25) is 0 Å². The maximum atomic E-state index is 10.3. The molecule has 0 spiro atoms. The van der Waals surface area contributed by atoms with Crippen LogP contribution in [0.2, 0.25) is 0 Å². The zero-order valence-corrected chi connectivity index (χ0v) is 21.3. The van der Waals surface area contributed by atoms with Crippen molar-refractivity contribution in [1.82, 2.24) is 4.90 Å². The van der Waals surface area contributed by atoms with E-state index < -0.39 is 36.4 Å². The molecule has 0 radical (unpaired) electrons. The van der Waals surface area contributed by atoms with Gasteiger partial charge in [-0.05, 0) is 36.1 Å². The lowest BCUT2D eigenvalue weighted by Gasteiger charge is -2.26. The van der Waals surface area contributed by atoms with Gasteiger partial charge in [0.05, 0.1) is 32.7 Å². The highest BCUT2D eigenvalue weighted by molar-refractivity contribution is 5.88. The number of ether oxygens (including phenoxy) is 2. The molecule has 1 aliphatic heterocycles. The van der Waals surface area contributed by atoms with E-state index in [1.54, 1.807) is 7.11 Å². The summed E-state index contributed by atoms with van der Waals surface area (Å²) in [7, 11) is 1.63. The van der Waals surface area contributed by atoms with Crippen LogP contribution in [0.3, 0.4) is 0 Å². The first-order valence-electron chi connectivity index (χ1n) is 12.1. The molecule has 2 aromatic carbocycles. The fourth-order valence-corrected chi connectivity index (χ4v) is 4.13. The molecule has 1 heterocycles. The van der Waals surface area contributed by atoms with Crippen molar-refractivity contribution >= 4 is 17.9 Å². The number of carboxylic acids is 3. The quantitative estimate of drug-likeness (QED) is 0.255. The van der Waals surface area contributed by atoms with Gasteiger partial charge >= 0.3 is 17.9 Å². The lowest BCUT2D eigenvalue weighted by Crippen LogP contribution is -2.42. The van der Waals surface area contributed by atoms with Crippen LogP contribution >= 0.6 is 0 Å². The molecule has 0 amide bonds. The second kappa shape index (κ2) is 15.0. The van der Waals surface area contributed by atoms with Crippen molar-refractivity contribution in [1.29, 1.82) is 0 Å². The molecule has 5 N–H and O–H groups in total. The van der Waals surface area contributed by atoms with Crippen molar-refractivity contribution < 1.29 is 49.4 Å². The normalized spacial score (nSPS) is 15.0. The molecule has 1 atom stereocenters. The van der Waals surface area contributed by atoms with Crippen LogP contribution in [0.5, 0.6) is 5.75 Å². The number of methoxy groups -OCH3 is 1. The molecule has 1 unspecified atom stereocenters. The van der Waals surface area contributed by atoms with Gasteiger partial charge in [0.1, 0.15) is 5.75 Å². The Labute approximate surface area is 220 Å². The van der Waals surface area contributed by atoms with Crippen molar-refractivity contribution in [2.24, 2.45) is 0 Å². The standard InChI is InChI=1S/C21H27NO3.C6H8O7/c1-24-21-10-9-18(12-19(21)16-23)14-22(15-20-8-5-11-25-20)13-17-6-3-2-4-7-17;7-3(8)1-6(13,5(11)12)2-4(9)10/h2-4,6-7,9-10,12,20,23H,5,8,11,13-16H2,1H3;13H,1-2H2,(H,7,8)(H,9,10)(H,11,12). The van der Waals surface area contributed by atoms with Gasteiger partial charge in [0.25, 0.3) is 0 Å². The van der Waals surface area contributed by atoms with Crippen LogP contribution in [0.25, 0.3) is 0 Å². The van der Waals surface area contributed by atoms with Gasteiger partial charge in [-0.3, -0.25) is 14.5 Å². The Bertz CT molecular complexity index is 1040. The van der Waals surface area contributed by atoms with Crippen molar-refractivity contribution in [2.75, 3.05) is 20.3 Å². The summed E-state index contributed by atoms with van der Waals surface area (Å²) in [6, 6.07) is 16.6. The monoisotopic (exact) mass is 533 g/mol. The number of hydrogen-bond donors (Lipinski definition) is 5. The van der Waals surface area contributed by atoms with Crippen LogP contribution in [0.1, 0.15) is 42.4 Å². The number of nitrogens with zero attached hydrogens (tertiary/aromatic N) is 1. The number of aliphatic carboxylic acids is 3. The Morgan fingerprint density at radius 3 is 2.13 bits per heavy atom. The largest absolute Gasteiger partial charge is 0.496 e. The second-order valence-electron chi connectivity index (χ2n) is 9.07. The van der Waals surface area contributed by atoms with Crippen LogP contribution in [0.15, 0.2) is 48.5 Å². The van der Waals surface area contributed by atoms with Gasteiger partial charge in [-0.1, -0.05) is 36.4 Å². The molecule has 2 aromatic rings. The Morgan fingerprint density at radius 1 is 1.00 bits per heavy atom. The van der Waals surface area contributed by atoms with Crippen LogP contribution in [-0.2, 0) is 38.8 Å². The predicted molar refractivity (Wildman–Crippen MR) is 136 cm³/mol. The molecular weight excluding hydrogens is 498 g/mol. The van der Waals surface area contributed by atoms with Gasteiger partial charge in [0.15, 0.2) is 5.60 Å². The Morgan fingerprint density at radius 2 is 1.63 bits per heavy atom. The molecule has 0 aliphatic carbocycles. The Hall–Kier alpha value is -3.51. The maximum Gasteiger partial charge on any atom is 0.336 e. The molecule has 1 fully saturated rings. The third-order valence-electron chi connectivity index (χ3n) is 5.94. The highest BCUT2D eigenvalue weighted by Gasteiger charge is 2.40.